The first kappa shape index (κ1) is 13.7. The molecule has 0 unspecified atom stereocenters. The van der Waals surface area contributed by atoms with E-state index in [9.17, 15) is 8.42 Å². The Kier molecular flexibility index (Phi) is 3.41. The molecule has 1 aliphatic rings. The lowest BCUT2D eigenvalue weighted by Gasteiger charge is -2.04. The van der Waals surface area contributed by atoms with Crippen LogP contribution in [0.5, 0.6) is 0 Å². The summed E-state index contributed by atoms with van der Waals surface area (Å²) in [6.45, 7) is 0. The van der Waals surface area contributed by atoms with Crippen LogP contribution in [0.1, 0.15) is 17.0 Å². The van der Waals surface area contributed by atoms with E-state index < -0.39 is 10.1 Å². The molecule has 0 aromatic carbocycles. The molecule has 1 aliphatic carbocycles. The molecule has 106 valence electrons. The predicted molar refractivity (Wildman–Crippen MR) is 76.5 cm³/mol. The molecule has 0 atom stereocenters. The van der Waals surface area contributed by atoms with Crippen LogP contribution in [0.3, 0.4) is 0 Å². The van der Waals surface area contributed by atoms with Crippen molar-refractivity contribution in [1.29, 1.82) is 0 Å². The van der Waals surface area contributed by atoms with Crippen molar-refractivity contribution >= 4 is 44.0 Å². The van der Waals surface area contributed by atoms with Gasteiger partial charge in [0, 0.05) is 10.9 Å². The Morgan fingerprint density at radius 3 is 2.80 bits per heavy atom. The zero-order valence-electron chi connectivity index (χ0n) is 10.1. The molecule has 2 aromatic heterocycles. The highest BCUT2D eigenvalue weighted by atomic mass is 35.5. The van der Waals surface area contributed by atoms with Gasteiger partial charge in [-0.05, 0) is 25.3 Å². The quantitative estimate of drug-likeness (QED) is 0.663. The maximum absolute atomic E-state index is 11.1. The number of thiazole rings is 1. The van der Waals surface area contributed by atoms with Gasteiger partial charge in [0.2, 0.25) is 0 Å². The van der Waals surface area contributed by atoms with Gasteiger partial charge in [0.05, 0.1) is 5.69 Å². The fraction of sp³-hybridized carbons (Fsp3) is 0.273. The molecule has 20 heavy (non-hydrogen) atoms. The third-order valence-electron chi connectivity index (χ3n) is 2.90. The smallest absolute Gasteiger partial charge is 0.294 e. The summed E-state index contributed by atoms with van der Waals surface area (Å²) in [5, 5.41) is 3.55. The first-order valence-corrected chi connectivity index (χ1v) is 8.46. The summed E-state index contributed by atoms with van der Waals surface area (Å²) in [6, 6.07) is 2.30. The predicted octanol–water partition coefficient (Wildman–Crippen LogP) is 2.67. The van der Waals surface area contributed by atoms with Gasteiger partial charge in [-0.1, -0.05) is 11.6 Å². The van der Waals surface area contributed by atoms with Crippen LogP contribution in [0.25, 0.3) is 0 Å². The molecule has 0 saturated carbocycles. The molecule has 0 bridgehead atoms. The number of hydrogen-bond donors (Lipinski definition) is 2. The van der Waals surface area contributed by atoms with E-state index in [0.717, 1.165) is 31.0 Å². The summed E-state index contributed by atoms with van der Waals surface area (Å²) < 4.78 is 31.3. The Morgan fingerprint density at radius 2 is 2.10 bits per heavy atom. The number of halogens is 1. The molecule has 2 aromatic rings. The van der Waals surface area contributed by atoms with Crippen molar-refractivity contribution in [2.75, 3.05) is 5.32 Å². The number of aryl methyl sites for hydroxylation is 2. The highest BCUT2D eigenvalue weighted by Gasteiger charge is 2.18. The fourth-order valence-electron chi connectivity index (χ4n) is 2.04. The fourth-order valence-corrected chi connectivity index (χ4v) is 3.89. The van der Waals surface area contributed by atoms with Gasteiger partial charge in [-0.15, -0.1) is 11.3 Å². The number of pyridine rings is 1. The molecular weight excluding hydrogens is 322 g/mol. The minimum Gasteiger partial charge on any atom is -0.316 e. The maximum atomic E-state index is 11.1. The van der Waals surface area contributed by atoms with Crippen molar-refractivity contribution in [3.05, 3.63) is 27.9 Å². The van der Waals surface area contributed by atoms with Crippen molar-refractivity contribution in [3.63, 3.8) is 0 Å². The van der Waals surface area contributed by atoms with Crippen LogP contribution in [-0.4, -0.2) is 22.9 Å². The maximum Gasteiger partial charge on any atom is 0.294 e. The summed E-state index contributed by atoms with van der Waals surface area (Å²) in [7, 11) is -4.32. The van der Waals surface area contributed by atoms with Crippen LogP contribution >= 0.6 is 22.9 Å². The van der Waals surface area contributed by atoms with E-state index in [1.807, 2.05) is 0 Å². The number of hydrogen-bond acceptors (Lipinski definition) is 6. The molecule has 0 aliphatic heterocycles. The third-order valence-corrected chi connectivity index (χ3v) is 4.99. The average Bonchev–Trinajstić information content (AvgIpc) is 2.87. The number of aromatic nitrogens is 2. The van der Waals surface area contributed by atoms with E-state index >= 15 is 0 Å². The van der Waals surface area contributed by atoms with Crippen molar-refractivity contribution < 1.29 is 13.0 Å². The minimum absolute atomic E-state index is 0.0216. The minimum atomic E-state index is -4.32. The van der Waals surface area contributed by atoms with Crippen LogP contribution in [0.4, 0.5) is 10.9 Å². The largest absolute Gasteiger partial charge is 0.316 e. The first-order chi connectivity index (χ1) is 9.41. The number of nitrogens with one attached hydrogen (secondary N) is 1. The average molecular weight is 332 g/mol. The molecule has 0 saturated heterocycles. The SMILES string of the molecule is O=S(=O)(O)c1cc(Cl)nc(Nc2nc3c(s2)CCC3)c1. The standard InChI is InChI=1S/C11H10ClN3O3S2/c12-9-4-6(20(16,17)18)5-10(14-9)15-11-13-7-2-1-3-8(7)19-11/h4-5H,1-3H2,(H,13,14,15)(H,16,17,18). The van der Waals surface area contributed by atoms with Crippen molar-refractivity contribution in [1.82, 2.24) is 9.97 Å². The van der Waals surface area contributed by atoms with Crippen molar-refractivity contribution in [2.45, 2.75) is 24.2 Å². The molecule has 0 amide bonds. The second-order valence-electron chi connectivity index (χ2n) is 4.35. The Labute approximate surface area is 124 Å². The van der Waals surface area contributed by atoms with Crippen molar-refractivity contribution in [3.8, 4) is 0 Å². The van der Waals surface area contributed by atoms with Crippen LogP contribution in [0.15, 0.2) is 17.0 Å². The highest BCUT2D eigenvalue weighted by Crippen LogP contribution is 2.32. The number of fused-ring (bicyclic) bond motifs is 1. The van der Waals surface area contributed by atoms with E-state index in [-0.39, 0.29) is 15.9 Å². The van der Waals surface area contributed by atoms with Crippen molar-refractivity contribution in [2.24, 2.45) is 0 Å². The molecule has 2 heterocycles. The van der Waals surface area contributed by atoms with Gasteiger partial charge >= 0.3 is 0 Å². The lowest BCUT2D eigenvalue weighted by molar-refractivity contribution is 0.483. The van der Waals surface area contributed by atoms with Gasteiger partial charge in [-0.3, -0.25) is 4.55 Å². The molecule has 0 radical (unpaired) electrons. The van der Waals surface area contributed by atoms with E-state index in [1.165, 1.54) is 22.3 Å². The van der Waals surface area contributed by atoms with Crippen LogP contribution in [0.2, 0.25) is 5.15 Å². The summed E-state index contributed by atoms with van der Waals surface area (Å²) in [6.07, 6.45) is 3.11. The summed E-state index contributed by atoms with van der Waals surface area (Å²) >= 11 is 7.27. The van der Waals surface area contributed by atoms with Crippen LogP contribution < -0.4 is 5.32 Å². The van der Waals surface area contributed by atoms with E-state index in [4.69, 9.17) is 16.2 Å². The molecule has 2 N–H and O–H groups in total. The Morgan fingerprint density at radius 1 is 1.30 bits per heavy atom. The molecule has 6 nitrogen and oxygen atoms in total. The monoisotopic (exact) mass is 331 g/mol. The van der Waals surface area contributed by atoms with E-state index in [0.29, 0.717) is 5.13 Å². The second-order valence-corrected chi connectivity index (χ2v) is 7.25. The third kappa shape index (κ3) is 2.78. The summed E-state index contributed by atoms with van der Waals surface area (Å²) in [4.78, 5) is 9.33. The topological polar surface area (TPSA) is 92.2 Å². The number of anilines is 2. The molecule has 0 spiro atoms. The summed E-state index contributed by atoms with van der Waals surface area (Å²) in [5.74, 6) is 0.234. The molecular formula is C11H10ClN3O3S2. The highest BCUT2D eigenvalue weighted by molar-refractivity contribution is 7.85. The number of nitrogens with zero attached hydrogens (tertiary/aromatic N) is 2. The molecule has 3 rings (SSSR count). The summed E-state index contributed by atoms with van der Waals surface area (Å²) in [5.41, 5.74) is 1.08. The van der Waals surface area contributed by atoms with Gasteiger partial charge in [0.1, 0.15) is 15.9 Å². The van der Waals surface area contributed by atoms with Gasteiger partial charge in [-0.25, -0.2) is 9.97 Å². The zero-order chi connectivity index (χ0) is 14.3. The lowest BCUT2D eigenvalue weighted by Crippen LogP contribution is -2.01. The first-order valence-electron chi connectivity index (χ1n) is 5.82. The lowest BCUT2D eigenvalue weighted by atomic mass is 10.4. The number of rotatable bonds is 3. The van der Waals surface area contributed by atoms with Gasteiger partial charge < -0.3 is 5.32 Å². The van der Waals surface area contributed by atoms with Gasteiger partial charge in [-0.2, -0.15) is 8.42 Å². The van der Waals surface area contributed by atoms with Gasteiger partial charge in [0.15, 0.2) is 5.13 Å². The molecule has 0 fully saturated rings. The zero-order valence-corrected chi connectivity index (χ0v) is 12.5. The Balaban J connectivity index is 1.92. The van der Waals surface area contributed by atoms with E-state index in [2.05, 4.69) is 15.3 Å². The Hall–Kier alpha value is -1.22. The molecule has 9 heteroatoms. The van der Waals surface area contributed by atoms with Gasteiger partial charge in [0.25, 0.3) is 10.1 Å². The van der Waals surface area contributed by atoms with E-state index in [1.54, 1.807) is 0 Å². The van der Waals surface area contributed by atoms with Crippen LogP contribution in [0, 0.1) is 0 Å². The Bertz CT molecular complexity index is 752. The normalized spacial score (nSPS) is 14.3. The van der Waals surface area contributed by atoms with Crippen LogP contribution in [-0.2, 0) is 23.0 Å². The second kappa shape index (κ2) is 4.96.